The molecule has 1 unspecified atom stereocenters. The first-order valence-electron chi connectivity index (χ1n) is 15.9. The molecular weight excluding hydrogens is 460 g/mol. The Morgan fingerprint density at radius 2 is 1.11 bits per heavy atom. The monoisotopic (exact) mass is 522 g/mol. The molecule has 37 heavy (non-hydrogen) atoms. The number of hydrogen-bond donors (Lipinski definition) is 1. The largest absolute Gasteiger partial charge is 0.457 e. The van der Waals surface area contributed by atoms with E-state index in [9.17, 15) is 9.90 Å². The van der Waals surface area contributed by atoms with Crippen LogP contribution in [-0.4, -0.2) is 37.0 Å². The van der Waals surface area contributed by atoms with Crippen molar-refractivity contribution in [2.45, 2.75) is 161 Å². The zero-order chi connectivity index (χ0) is 27.1. The highest BCUT2D eigenvalue weighted by atomic mass is 16.6. The molecule has 0 spiro atoms. The van der Waals surface area contributed by atoms with Crippen LogP contribution in [0.1, 0.15) is 155 Å². The van der Waals surface area contributed by atoms with Crippen LogP contribution in [-0.2, 0) is 14.3 Å². The number of aliphatic hydroxyl groups is 1. The van der Waals surface area contributed by atoms with Crippen molar-refractivity contribution >= 4 is 5.97 Å². The highest BCUT2D eigenvalue weighted by Gasteiger charge is 2.13. The van der Waals surface area contributed by atoms with Crippen LogP contribution in [0.3, 0.4) is 0 Å². The number of aliphatic hydroxyl groups excluding tert-OH is 1. The molecule has 0 aromatic heterocycles. The van der Waals surface area contributed by atoms with Crippen molar-refractivity contribution in [2.75, 3.05) is 19.8 Å². The molecule has 0 aliphatic heterocycles. The maximum Gasteiger partial charge on any atom is 0.306 e. The Hall–Kier alpha value is -1.13. The molecular formula is C33H62O4. The van der Waals surface area contributed by atoms with Gasteiger partial charge < -0.3 is 14.6 Å². The summed E-state index contributed by atoms with van der Waals surface area (Å²) in [5.74, 6) is -0.216. The highest BCUT2D eigenvalue weighted by Crippen LogP contribution is 2.11. The molecule has 0 aromatic carbocycles. The van der Waals surface area contributed by atoms with Crippen molar-refractivity contribution in [2.24, 2.45) is 0 Å². The van der Waals surface area contributed by atoms with Crippen LogP contribution in [0, 0.1) is 0 Å². The van der Waals surface area contributed by atoms with Crippen LogP contribution in [0.5, 0.6) is 0 Å². The fraction of sp³-hybridized carbons (Fsp3) is 0.848. The summed E-state index contributed by atoms with van der Waals surface area (Å²) in [6.07, 6.45) is 34.9. The minimum absolute atomic E-state index is 0.176. The topological polar surface area (TPSA) is 55.8 Å². The van der Waals surface area contributed by atoms with Gasteiger partial charge in [-0.3, -0.25) is 4.79 Å². The number of carbonyl (C=O) groups excluding carboxylic acids is 1. The van der Waals surface area contributed by atoms with Crippen molar-refractivity contribution in [3.05, 3.63) is 24.3 Å². The Labute approximate surface area is 230 Å². The van der Waals surface area contributed by atoms with Gasteiger partial charge in [0.2, 0.25) is 0 Å². The molecule has 4 heteroatoms. The number of allylic oxidation sites excluding steroid dienone is 4. The Morgan fingerprint density at radius 3 is 1.65 bits per heavy atom. The van der Waals surface area contributed by atoms with Crippen molar-refractivity contribution in [3.8, 4) is 0 Å². The van der Waals surface area contributed by atoms with E-state index in [0.717, 1.165) is 32.1 Å². The van der Waals surface area contributed by atoms with Crippen LogP contribution in [0.2, 0.25) is 0 Å². The normalized spacial score (nSPS) is 12.6. The molecule has 0 radical (unpaired) electrons. The lowest BCUT2D eigenvalue weighted by Crippen LogP contribution is -2.27. The second-order valence-corrected chi connectivity index (χ2v) is 10.5. The molecule has 4 nitrogen and oxygen atoms in total. The zero-order valence-corrected chi connectivity index (χ0v) is 24.7. The molecule has 0 aromatic rings. The van der Waals surface area contributed by atoms with E-state index in [1.165, 1.54) is 103 Å². The molecule has 1 atom stereocenters. The first-order chi connectivity index (χ1) is 18.2. The van der Waals surface area contributed by atoms with E-state index in [1.54, 1.807) is 0 Å². The Kier molecular flexibility index (Phi) is 30.1. The number of esters is 1. The van der Waals surface area contributed by atoms with E-state index in [1.807, 2.05) is 0 Å². The Morgan fingerprint density at radius 1 is 0.622 bits per heavy atom. The summed E-state index contributed by atoms with van der Waals surface area (Å²) in [7, 11) is 0. The molecule has 0 amide bonds. The Bertz CT molecular complexity index is 514. The summed E-state index contributed by atoms with van der Waals surface area (Å²) in [5.41, 5.74) is 0. The van der Waals surface area contributed by atoms with Gasteiger partial charge in [-0.25, -0.2) is 0 Å². The van der Waals surface area contributed by atoms with Crippen LogP contribution in [0.4, 0.5) is 0 Å². The quantitative estimate of drug-likeness (QED) is 0.0603. The van der Waals surface area contributed by atoms with Gasteiger partial charge in [0, 0.05) is 13.0 Å². The van der Waals surface area contributed by atoms with E-state index in [0.29, 0.717) is 19.6 Å². The molecule has 0 saturated carbocycles. The number of ether oxygens (including phenoxy) is 2. The summed E-state index contributed by atoms with van der Waals surface area (Å²) in [5, 5.41) is 9.49. The molecule has 0 aliphatic rings. The van der Waals surface area contributed by atoms with Gasteiger partial charge in [-0.1, -0.05) is 115 Å². The maximum absolute atomic E-state index is 12.0. The summed E-state index contributed by atoms with van der Waals surface area (Å²) >= 11 is 0. The van der Waals surface area contributed by atoms with Crippen molar-refractivity contribution in [3.63, 3.8) is 0 Å². The van der Waals surface area contributed by atoms with Gasteiger partial charge in [-0.2, -0.15) is 0 Å². The van der Waals surface area contributed by atoms with Crippen LogP contribution in [0.25, 0.3) is 0 Å². The minimum atomic E-state index is -0.535. The number of carbonyl (C=O) groups is 1. The highest BCUT2D eigenvalue weighted by molar-refractivity contribution is 5.69. The first-order valence-corrected chi connectivity index (χ1v) is 15.9. The minimum Gasteiger partial charge on any atom is -0.457 e. The third kappa shape index (κ3) is 29.3. The average molecular weight is 523 g/mol. The molecule has 0 bridgehead atoms. The van der Waals surface area contributed by atoms with Crippen LogP contribution < -0.4 is 0 Å². The van der Waals surface area contributed by atoms with Gasteiger partial charge in [0.15, 0.2) is 0 Å². The fourth-order valence-corrected chi connectivity index (χ4v) is 4.32. The molecule has 0 saturated heterocycles. The van der Waals surface area contributed by atoms with Crippen LogP contribution >= 0.6 is 0 Å². The molecule has 0 rings (SSSR count). The Balaban J connectivity index is 3.46. The second kappa shape index (κ2) is 31.1. The van der Waals surface area contributed by atoms with E-state index in [2.05, 4.69) is 38.2 Å². The van der Waals surface area contributed by atoms with Gasteiger partial charge >= 0.3 is 5.97 Å². The van der Waals surface area contributed by atoms with Crippen molar-refractivity contribution in [1.29, 1.82) is 0 Å². The van der Waals surface area contributed by atoms with Crippen molar-refractivity contribution < 1.29 is 19.4 Å². The summed E-state index contributed by atoms with van der Waals surface area (Å²) < 4.78 is 11.0. The van der Waals surface area contributed by atoms with Gasteiger partial charge in [-0.05, 0) is 57.8 Å². The van der Waals surface area contributed by atoms with Crippen molar-refractivity contribution in [1.82, 2.24) is 0 Å². The lowest BCUT2D eigenvalue weighted by molar-refractivity contribution is -0.154. The lowest BCUT2D eigenvalue weighted by Gasteiger charge is -2.15. The summed E-state index contributed by atoms with van der Waals surface area (Å²) in [4.78, 5) is 12.0. The maximum atomic E-state index is 12.0. The van der Waals surface area contributed by atoms with E-state index < -0.39 is 6.10 Å². The molecule has 0 heterocycles. The number of unbranched alkanes of at least 4 members (excludes halogenated alkanes) is 17. The number of rotatable bonds is 29. The van der Waals surface area contributed by atoms with E-state index in [-0.39, 0.29) is 12.6 Å². The molecule has 0 aliphatic carbocycles. The SMILES string of the molecule is CCC/C=C\CCCCCCCC(=O)OC(CO)COCCCCCCCC/C=C\CCCCCCC. The van der Waals surface area contributed by atoms with Crippen LogP contribution in [0.15, 0.2) is 24.3 Å². The zero-order valence-electron chi connectivity index (χ0n) is 24.7. The third-order valence-electron chi connectivity index (χ3n) is 6.73. The molecule has 0 fully saturated rings. The van der Waals surface area contributed by atoms with E-state index >= 15 is 0 Å². The smallest absolute Gasteiger partial charge is 0.306 e. The average Bonchev–Trinajstić information content (AvgIpc) is 2.90. The van der Waals surface area contributed by atoms with Gasteiger partial charge in [-0.15, -0.1) is 0 Å². The van der Waals surface area contributed by atoms with Gasteiger partial charge in [0.1, 0.15) is 6.10 Å². The summed E-state index contributed by atoms with van der Waals surface area (Å²) in [6.45, 7) is 5.25. The third-order valence-corrected chi connectivity index (χ3v) is 6.73. The predicted octanol–water partition coefficient (Wildman–Crippen LogP) is 9.64. The lowest BCUT2D eigenvalue weighted by atomic mass is 10.1. The second-order valence-electron chi connectivity index (χ2n) is 10.5. The van der Waals surface area contributed by atoms with E-state index in [4.69, 9.17) is 9.47 Å². The van der Waals surface area contributed by atoms with Gasteiger partial charge in [0.25, 0.3) is 0 Å². The van der Waals surface area contributed by atoms with Gasteiger partial charge in [0.05, 0.1) is 13.2 Å². The standard InChI is InChI=1S/C33H62O4/c1-3-5-7-9-11-13-15-16-17-18-19-21-23-25-27-29-36-31-32(30-34)37-33(35)28-26-24-22-20-14-12-10-8-6-4-2/h8,10,15-16,32,34H,3-7,9,11-14,17-31H2,1-2H3/b10-8-,16-15-. The first kappa shape index (κ1) is 35.9. The summed E-state index contributed by atoms with van der Waals surface area (Å²) in [6, 6.07) is 0. The molecule has 218 valence electrons. The fourth-order valence-electron chi connectivity index (χ4n) is 4.32. The predicted molar refractivity (Wildman–Crippen MR) is 159 cm³/mol. The molecule has 1 N–H and O–H groups in total. The number of hydrogen-bond acceptors (Lipinski definition) is 4.